The second-order valence-corrected chi connectivity index (χ2v) is 5.17. The molecule has 102 valence electrons. The lowest BCUT2D eigenvalue weighted by atomic mass is 9.89. The van der Waals surface area contributed by atoms with E-state index in [-0.39, 0.29) is 17.2 Å². The number of nitrogens with two attached hydrogens (primary N) is 2. The fourth-order valence-electron chi connectivity index (χ4n) is 2.31. The van der Waals surface area contributed by atoms with Crippen LogP contribution in [0.5, 0.6) is 0 Å². The molecule has 0 spiro atoms. The summed E-state index contributed by atoms with van der Waals surface area (Å²) in [4.78, 5) is 24.4. The third-order valence-electron chi connectivity index (χ3n) is 3.70. The fraction of sp³-hybridized carbons (Fsp3) is 0.385. The molecule has 0 radical (unpaired) electrons. The summed E-state index contributed by atoms with van der Waals surface area (Å²) in [6.07, 6.45) is 0.662. The molecule has 1 atom stereocenters. The molecule has 1 aliphatic rings. The maximum absolute atomic E-state index is 11.4. The summed E-state index contributed by atoms with van der Waals surface area (Å²) in [5.74, 6) is -1.39. The zero-order chi connectivity index (χ0) is 14.2. The highest BCUT2D eigenvalue weighted by molar-refractivity contribution is 5.95. The van der Waals surface area contributed by atoms with Crippen LogP contribution in [0.25, 0.3) is 0 Å². The summed E-state index contributed by atoms with van der Waals surface area (Å²) in [7, 11) is 0. The van der Waals surface area contributed by atoms with Gasteiger partial charge in [0.05, 0.1) is 11.0 Å². The molecule has 0 bridgehead atoms. The molecular formula is C13H17N3O3. The zero-order valence-electron chi connectivity index (χ0n) is 10.7. The van der Waals surface area contributed by atoms with E-state index in [0.29, 0.717) is 19.5 Å². The number of primary amides is 1. The first kappa shape index (κ1) is 13.2. The number of benzene rings is 1. The summed E-state index contributed by atoms with van der Waals surface area (Å²) < 4.78 is 0. The Morgan fingerprint density at radius 1 is 1.42 bits per heavy atom. The van der Waals surface area contributed by atoms with Crippen molar-refractivity contribution in [3.05, 3.63) is 23.8 Å². The molecule has 1 heterocycles. The van der Waals surface area contributed by atoms with E-state index in [9.17, 15) is 9.59 Å². The molecule has 1 saturated heterocycles. The van der Waals surface area contributed by atoms with Crippen LogP contribution in [0.4, 0.5) is 11.4 Å². The average Bonchev–Trinajstić information content (AvgIpc) is 2.73. The minimum absolute atomic E-state index is 0.0742. The van der Waals surface area contributed by atoms with E-state index in [2.05, 4.69) is 0 Å². The van der Waals surface area contributed by atoms with Crippen LogP contribution in [0.3, 0.4) is 0 Å². The van der Waals surface area contributed by atoms with Crippen LogP contribution in [0.15, 0.2) is 18.2 Å². The van der Waals surface area contributed by atoms with Crippen LogP contribution in [-0.4, -0.2) is 30.1 Å². The Morgan fingerprint density at radius 3 is 2.63 bits per heavy atom. The molecule has 0 aliphatic carbocycles. The van der Waals surface area contributed by atoms with Gasteiger partial charge in [0.25, 0.3) is 0 Å². The van der Waals surface area contributed by atoms with E-state index in [1.54, 1.807) is 12.1 Å². The summed E-state index contributed by atoms with van der Waals surface area (Å²) in [6, 6.07) is 4.86. The molecule has 6 nitrogen and oxygen atoms in total. The number of hydrogen-bond acceptors (Lipinski definition) is 4. The Morgan fingerprint density at radius 2 is 2.11 bits per heavy atom. The predicted molar refractivity (Wildman–Crippen MR) is 71.9 cm³/mol. The number of carboxylic acids is 1. The quantitative estimate of drug-likeness (QED) is 0.694. The molecule has 1 aromatic carbocycles. The van der Waals surface area contributed by atoms with Crippen LogP contribution in [0.1, 0.15) is 23.7 Å². The van der Waals surface area contributed by atoms with Crippen molar-refractivity contribution in [1.29, 1.82) is 0 Å². The van der Waals surface area contributed by atoms with Gasteiger partial charge in [-0.2, -0.15) is 0 Å². The minimum Gasteiger partial charge on any atom is -0.478 e. The van der Waals surface area contributed by atoms with Gasteiger partial charge in [0, 0.05) is 24.5 Å². The van der Waals surface area contributed by atoms with E-state index in [1.165, 1.54) is 6.07 Å². The van der Waals surface area contributed by atoms with Crippen molar-refractivity contribution in [2.24, 2.45) is 11.1 Å². The first-order valence-corrected chi connectivity index (χ1v) is 6.01. The number of hydrogen-bond donors (Lipinski definition) is 3. The number of anilines is 2. The normalized spacial score (nSPS) is 22.5. The summed E-state index contributed by atoms with van der Waals surface area (Å²) in [5, 5.41) is 9.05. The maximum atomic E-state index is 11.4. The molecule has 1 aromatic rings. The zero-order valence-corrected chi connectivity index (χ0v) is 10.7. The number of amides is 1. The van der Waals surface area contributed by atoms with Crippen LogP contribution in [0.2, 0.25) is 0 Å². The smallest absolute Gasteiger partial charge is 0.337 e. The Balaban J connectivity index is 2.28. The Labute approximate surface area is 111 Å². The molecule has 1 unspecified atom stereocenters. The second kappa shape index (κ2) is 4.46. The van der Waals surface area contributed by atoms with Gasteiger partial charge in [0.1, 0.15) is 0 Å². The summed E-state index contributed by atoms with van der Waals surface area (Å²) in [5.41, 5.74) is 11.5. The number of nitrogen functional groups attached to an aromatic ring is 1. The van der Waals surface area contributed by atoms with Gasteiger partial charge in [-0.25, -0.2) is 4.79 Å². The van der Waals surface area contributed by atoms with E-state index in [1.807, 2.05) is 11.8 Å². The Kier molecular flexibility index (Phi) is 3.09. The van der Waals surface area contributed by atoms with Gasteiger partial charge in [-0.05, 0) is 31.5 Å². The van der Waals surface area contributed by atoms with Crippen molar-refractivity contribution in [3.8, 4) is 0 Å². The molecule has 1 fully saturated rings. The molecule has 1 aliphatic heterocycles. The van der Waals surface area contributed by atoms with E-state index < -0.39 is 11.4 Å². The third kappa shape index (κ3) is 2.33. The van der Waals surface area contributed by atoms with Crippen molar-refractivity contribution >= 4 is 23.3 Å². The monoisotopic (exact) mass is 263 g/mol. The molecular weight excluding hydrogens is 246 g/mol. The lowest BCUT2D eigenvalue weighted by Crippen LogP contribution is -2.37. The van der Waals surface area contributed by atoms with Crippen LogP contribution in [-0.2, 0) is 4.79 Å². The number of nitrogens with zero attached hydrogens (tertiary/aromatic N) is 1. The minimum atomic E-state index is -1.06. The lowest BCUT2D eigenvalue weighted by molar-refractivity contribution is -0.125. The van der Waals surface area contributed by atoms with Crippen molar-refractivity contribution < 1.29 is 14.7 Å². The third-order valence-corrected chi connectivity index (χ3v) is 3.70. The highest BCUT2D eigenvalue weighted by atomic mass is 16.4. The van der Waals surface area contributed by atoms with Gasteiger partial charge in [0.2, 0.25) is 5.91 Å². The number of carbonyl (C=O) groups excluding carboxylic acids is 1. The van der Waals surface area contributed by atoms with E-state index in [0.717, 1.165) is 5.69 Å². The van der Waals surface area contributed by atoms with Crippen LogP contribution < -0.4 is 16.4 Å². The maximum Gasteiger partial charge on any atom is 0.337 e. The van der Waals surface area contributed by atoms with E-state index >= 15 is 0 Å². The highest BCUT2D eigenvalue weighted by Gasteiger charge is 2.39. The van der Waals surface area contributed by atoms with Crippen LogP contribution in [0, 0.1) is 5.41 Å². The van der Waals surface area contributed by atoms with Gasteiger partial charge < -0.3 is 21.5 Å². The molecule has 0 aromatic heterocycles. The number of rotatable bonds is 3. The number of carbonyl (C=O) groups is 2. The summed E-state index contributed by atoms with van der Waals surface area (Å²) >= 11 is 0. The first-order valence-electron chi connectivity index (χ1n) is 6.01. The van der Waals surface area contributed by atoms with Crippen molar-refractivity contribution in [2.75, 3.05) is 23.7 Å². The Hall–Kier alpha value is -2.24. The molecule has 1 amide bonds. The standard InChI is InChI=1S/C13H17N3O3/c1-13(12(15)19)4-5-16(7-13)8-2-3-10(14)9(6-8)11(17)18/h2-3,6H,4-5,7,14H2,1H3,(H2,15,19)(H,17,18). The highest BCUT2D eigenvalue weighted by Crippen LogP contribution is 2.33. The van der Waals surface area contributed by atoms with Gasteiger partial charge in [-0.15, -0.1) is 0 Å². The molecule has 6 heteroatoms. The topological polar surface area (TPSA) is 110 Å². The lowest BCUT2D eigenvalue weighted by Gasteiger charge is -2.23. The van der Waals surface area contributed by atoms with Gasteiger partial charge in [-0.3, -0.25) is 4.79 Å². The summed E-state index contributed by atoms with van der Waals surface area (Å²) in [6.45, 7) is 2.98. The average molecular weight is 263 g/mol. The Bertz CT molecular complexity index is 544. The van der Waals surface area contributed by atoms with Crippen molar-refractivity contribution in [1.82, 2.24) is 0 Å². The van der Waals surface area contributed by atoms with Crippen molar-refractivity contribution in [3.63, 3.8) is 0 Å². The number of aromatic carboxylic acids is 1. The predicted octanol–water partition coefficient (Wildman–Crippen LogP) is 0.669. The van der Waals surface area contributed by atoms with Gasteiger partial charge in [-0.1, -0.05) is 0 Å². The largest absolute Gasteiger partial charge is 0.478 e. The molecule has 0 saturated carbocycles. The first-order chi connectivity index (χ1) is 8.83. The van der Waals surface area contributed by atoms with Gasteiger partial charge in [0.15, 0.2) is 0 Å². The van der Waals surface area contributed by atoms with E-state index in [4.69, 9.17) is 16.6 Å². The van der Waals surface area contributed by atoms with Crippen LogP contribution >= 0.6 is 0 Å². The molecule has 2 rings (SSSR count). The van der Waals surface area contributed by atoms with Crippen molar-refractivity contribution in [2.45, 2.75) is 13.3 Å². The molecule has 5 N–H and O–H groups in total. The fourth-order valence-corrected chi connectivity index (χ4v) is 2.31. The SMILES string of the molecule is CC1(C(N)=O)CCN(c2ccc(N)c(C(=O)O)c2)C1. The van der Waals surface area contributed by atoms with Gasteiger partial charge >= 0.3 is 5.97 Å². The molecule has 19 heavy (non-hydrogen) atoms. The second-order valence-electron chi connectivity index (χ2n) is 5.17. The number of carboxylic acid groups (broad SMARTS) is 1.